The first-order chi connectivity index (χ1) is 5.09. The molecule has 1 aliphatic heterocycles. The molecule has 0 amide bonds. The lowest BCUT2D eigenvalue weighted by atomic mass is 10.2. The third-order valence-electron chi connectivity index (χ3n) is 1.62. The van der Waals surface area contributed by atoms with E-state index in [1.54, 1.807) is 0 Å². The maximum Gasteiger partial charge on any atom is 0.163 e. The summed E-state index contributed by atoms with van der Waals surface area (Å²) < 4.78 is 10.9. The zero-order chi connectivity index (χ0) is 8.48. The molecule has 2 atom stereocenters. The molecule has 3 nitrogen and oxygen atoms in total. The molecule has 0 saturated carbocycles. The minimum atomic E-state index is -0.550. The highest BCUT2D eigenvalue weighted by Gasteiger charge is 2.39. The SMILES string of the molecule is CC1(C)OC(CO)C(CBr)O1. The van der Waals surface area contributed by atoms with Gasteiger partial charge in [0.25, 0.3) is 0 Å². The largest absolute Gasteiger partial charge is 0.394 e. The summed E-state index contributed by atoms with van der Waals surface area (Å²) in [6.07, 6.45) is -0.223. The molecular formula is C7H13BrO3. The van der Waals surface area contributed by atoms with E-state index >= 15 is 0 Å². The Morgan fingerprint density at radius 3 is 2.27 bits per heavy atom. The van der Waals surface area contributed by atoms with Crippen LogP contribution in [0, 0.1) is 0 Å². The van der Waals surface area contributed by atoms with Gasteiger partial charge in [-0.25, -0.2) is 0 Å². The van der Waals surface area contributed by atoms with Crippen LogP contribution >= 0.6 is 15.9 Å². The Morgan fingerprint density at radius 2 is 1.91 bits per heavy atom. The average molecular weight is 225 g/mol. The Bertz CT molecular complexity index is 124. The van der Waals surface area contributed by atoms with Crippen LogP contribution in [-0.4, -0.2) is 35.0 Å². The second kappa shape index (κ2) is 3.39. The van der Waals surface area contributed by atoms with Gasteiger partial charge in [-0.1, -0.05) is 15.9 Å². The van der Waals surface area contributed by atoms with Crippen LogP contribution in [-0.2, 0) is 9.47 Å². The molecule has 0 aromatic carbocycles. The van der Waals surface area contributed by atoms with Crippen molar-refractivity contribution in [1.29, 1.82) is 0 Å². The van der Waals surface area contributed by atoms with Gasteiger partial charge < -0.3 is 14.6 Å². The quantitative estimate of drug-likeness (QED) is 0.709. The fourth-order valence-corrected chi connectivity index (χ4v) is 1.74. The van der Waals surface area contributed by atoms with Gasteiger partial charge >= 0.3 is 0 Å². The maximum absolute atomic E-state index is 8.87. The molecule has 0 aliphatic carbocycles. The highest BCUT2D eigenvalue weighted by molar-refractivity contribution is 9.09. The molecule has 0 spiro atoms. The van der Waals surface area contributed by atoms with Crippen molar-refractivity contribution < 1.29 is 14.6 Å². The first kappa shape index (κ1) is 9.45. The number of halogens is 1. The van der Waals surface area contributed by atoms with Gasteiger partial charge in [0.2, 0.25) is 0 Å². The van der Waals surface area contributed by atoms with Gasteiger partial charge in [-0.3, -0.25) is 0 Å². The van der Waals surface area contributed by atoms with E-state index in [2.05, 4.69) is 15.9 Å². The first-order valence-corrected chi connectivity index (χ1v) is 4.73. The Morgan fingerprint density at radius 1 is 1.36 bits per heavy atom. The van der Waals surface area contributed by atoms with Gasteiger partial charge in [0.1, 0.15) is 6.10 Å². The molecule has 1 saturated heterocycles. The smallest absolute Gasteiger partial charge is 0.163 e. The molecule has 0 radical (unpaired) electrons. The van der Waals surface area contributed by atoms with E-state index in [0.717, 1.165) is 0 Å². The lowest BCUT2D eigenvalue weighted by molar-refractivity contribution is -0.147. The molecule has 11 heavy (non-hydrogen) atoms. The van der Waals surface area contributed by atoms with Gasteiger partial charge in [0.15, 0.2) is 5.79 Å². The molecule has 1 fully saturated rings. The Labute approximate surface area is 74.8 Å². The minimum absolute atomic E-state index is 0.0136. The molecule has 1 rings (SSSR count). The summed E-state index contributed by atoms with van der Waals surface area (Å²) in [5.74, 6) is -0.550. The highest BCUT2D eigenvalue weighted by Crippen LogP contribution is 2.28. The van der Waals surface area contributed by atoms with E-state index in [1.165, 1.54) is 0 Å². The normalized spacial score (nSPS) is 36.0. The van der Waals surface area contributed by atoms with Crippen LogP contribution in [0.2, 0.25) is 0 Å². The standard InChI is InChI=1S/C7H13BrO3/c1-7(2)10-5(3-8)6(4-9)11-7/h5-6,9H,3-4H2,1-2H3. The third kappa shape index (κ3) is 2.15. The van der Waals surface area contributed by atoms with Crippen molar-refractivity contribution in [2.24, 2.45) is 0 Å². The summed E-state index contributed by atoms with van der Waals surface area (Å²) in [4.78, 5) is 0. The lowest BCUT2D eigenvalue weighted by Crippen LogP contribution is -2.27. The van der Waals surface area contributed by atoms with Gasteiger partial charge in [0, 0.05) is 5.33 Å². The number of ether oxygens (including phenoxy) is 2. The first-order valence-electron chi connectivity index (χ1n) is 3.61. The summed E-state index contributed by atoms with van der Waals surface area (Å²) in [6.45, 7) is 3.70. The van der Waals surface area contributed by atoms with Crippen molar-refractivity contribution >= 4 is 15.9 Å². The number of alkyl halides is 1. The number of aliphatic hydroxyl groups is 1. The van der Waals surface area contributed by atoms with Crippen molar-refractivity contribution in [2.45, 2.75) is 31.8 Å². The lowest BCUT2D eigenvalue weighted by Gasteiger charge is -2.16. The van der Waals surface area contributed by atoms with Crippen LogP contribution in [0.15, 0.2) is 0 Å². The van der Waals surface area contributed by atoms with Gasteiger partial charge in [-0.15, -0.1) is 0 Å². The maximum atomic E-state index is 8.87. The molecular weight excluding hydrogens is 212 g/mol. The van der Waals surface area contributed by atoms with Crippen molar-refractivity contribution in [3.8, 4) is 0 Å². The number of rotatable bonds is 2. The second-order valence-electron chi connectivity index (χ2n) is 3.05. The van der Waals surface area contributed by atoms with Crippen molar-refractivity contribution in [1.82, 2.24) is 0 Å². The zero-order valence-corrected chi connectivity index (χ0v) is 8.30. The third-order valence-corrected chi connectivity index (χ3v) is 2.26. The average Bonchev–Trinajstić information content (AvgIpc) is 2.25. The minimum Gasteiger partial charge on any atom is -0.394 e. The summed E-state index contributed by atoms with van der Waals surface area (Å²) >= 11 is 3.29. The Kier molecular flexibility index (Phi) is 2.91. The van der Waals surface area contributed by atoms with E-state index in [1.807, 2.05) is 13.8 Å². The summed E-state index contributed by atoms with van der Waals surface area (Å²) in [5, 5.41) is 9.57. The number of hydrogen-bond donors (Lipinski definition) is 1. The fourth-order valence-electron chi connectivity index (χ4n) is 1.19. The van der Waals surface area contributed by atoms with Crippen LogP contribution < -0.4 is 0 Å². The topological polar surface area (TPSA) is 38.7 Å². The Hall–Kier alpha value is 0.360. The zero-order valence-electron chi connectivity index (χ0n) is 6.71. The van der Waals surface area contributed by atoms with E-state index < -0.39 is 5.79 Å². The Balaban J connectivity index is 2.55. The van der Waals surface area contributed by atoms with E-state index in [4.69, 9.17) is 14.6 Å². The highest BCUT2D eigenvalue weighted by atomic mass is 79.9. The molecule has 1 N–H and O–H groups in total. The van der Waals surface area contributed by atoms with Gasteiger partial charge in [-0.05, 0) is 13.8 Å². The summed E-state index contributed by atoms with van der Waals surface area (Å²) in [5.41, 5.74) is 0. The molecule has 4 heteroatoms. The molecule has 1 heterocycles. The number of aliphatic hydroxyl groups excluding tert-OH is 1. The fraction of sp³-hybridized carbons (Fsp3) is 1.00. The monoisotopic (exact) mass is 224 g/mol. The van der Waals surface area contributed by atoms with E-state index in [-0.39, 0.29) is 18.8 Å². The number of hydrogen-bond acceptors (Lipinski definition) is 3. The molecule has 66 valence electrons. The molecule has 0 bridgehead atoms. The summed E-state index contributed by atoms with van der Waals surface area (Å²) in [6, 6.07) is 0. The second-order valence-corrected chi connectivity index (χ2v) is 3.70. The molecule has 1 aliphatic rings. The predicted molar refractivity (Wildman–Crippen MR) is 44.7 cm³/mol. The van der Waals surface area contributed by atoms with E-state index in [9.17, 15) is 0 Å². The predicted octanol–water partition coefficient (Wildman–Crippen LogP) is 0.894. The van der Waals surface area contributed by atoms with Gasteiger partial charge in [0.05, 0.1) is 12.7 Å². The molecule has 0 aromatic rings. The molecule has 0 aromatic heterocycles. The van der Waals surface area contributed by atoms with Crippen LogP contribution in [0.5, 0.6) is 0 Å². The molecule has 2 unspecified atom stereocenters. The van der Waals surface area contributed by atoms with Gasteiger partial charge in [-0.2, -0.15) is 0 Å². The van der Waals surface area contributed by atoms with Crippen LogP contribution in [0.3, 0.4) is 0 Å². The van der Waals surface area contributed by atoms with Crippen LogP contribution in [0.4, 0.5) is 0 Å². The summed E-state index contributed by atoms with van der Waals surface area (Å²) in [7, 11) is 0. The van der Waals surface area contributed by atoms with Crippen molar-refractivity contribution in [3.05, 3.63) is 0 Å². The van der Waals surface area contributed by atoms with Crippen LogP contribution in [0.25, 0.3) is 0 Å². The van der Waals surface area contributed by atoms with Crippen molar-refractivity contribution in [2.75, 3.05) is 11.9 Å². The van der Waals surface area contributed by atoms with Crippen molar-refractivity contribution in [3.63, 3.8) is 0 Å². The van der Waals surface area contributed by atoms with E-state index in [0.29, 0.717) is 5.33 Å². The van der Waals surface area contributed by atoms with Crippen LogP contribution in [0.1, 0.15) is 13.8 Å².